The summed E-state index contributed by atoms with van der Waals surface area (Å²) in [4.78, 5) is 23.1. The third kappa shape index (κ3) is 4.61. The Kier molecular flexibility index (Phi) is 4.95. The van der Waals surface area contributed by atoms with E-state index < -0.39 is 0 Å². The van der Waals surface area contributed by atoms with Crippen LogP contribution in [0.25, 0.3) is 0 Å². The zero-order chi connectivity index (χ0) is 13.6. The van der Waals surface area contributed by atoms with Gasteiger partial charge in [0.2, 0.25) is 5.91 Å². The standard InChI is InChI=1S/C13H20N2O3/c1-4-13(2,3)15-11(16)7-8-14-12(17)10-6-5-9-18-10/h5-6,9H,4,7-8H2,1-3H3,(H,14,17)(H,15,16). The average Bonchev–Trinajstić information content (AvgIpc) is 2.81. The SMILES string of the molecule is CCC(C)(C)NC(=O)CCNC(=O)c1ccco1. The zero-order valence-corrected chi connectivity index (χ0v) is 11.1. The summed E-state index contributed by atoms with van der Waals surface area (Å²) in [6.45, 7) is 6.24. The molecule has 1 aromatic rings. The van der Waals surface area contributed by atoms with Crippen LogP contribution in [-0.4, -0.2) is 23.9 Å². The van der Waals surface area contributed by atoms with Gasteiger partial charge in [0.1, 0.15) is 0 Å². The number of rotatable bonds is 6. The molecule has 0 spiro atoms. The van der Waals surface area contributed by atoms with Crippen LogP contribution in [0.15, 0.2) is 22.8 Å². The highest BCUT2D eigenvalue weighted by molar-refractivity contribution is 5.91. The monoisotopic (exact) mass is 252 g/mol. The van der Waals surface area contributed by atoms with Crippen molar-refractivity contribution in [1.29, 1.82) is 0 Å². The molecule has 0 bridgehead atoms. The molecule has 0 aliphatic rings. The van der Waals surface area contributed by atoms with E-state index in [-0.39, 0.29) is 29.5 Å². The van der Waals surface area contributed by atoms with Gasteiger partial charge in [-0.3, -0.25) is 9.59 Å². The molecule has 0 aliphatic carbocycles. The quantitative estimate of drug-likeness (QED) is 0.809. The van der Waals surface area contributed by atoms with Gasteiger partial charge in [-0.25, -0.2) is 0 Å². The predicted molar refractivity (Wildman–Crippen MR) is 68.2 cm³/mol. The van der Waals surface area contributed by atoms with Crippen molar-refractivity contribution >= 4 is 11.8 Å². The summed E-state index contributed by atoms with van der Waals surface area (Å²) in [5.74, 6) is -0.117. The molecule has 18 heavy (non-hydrogen) atoms. The minimum atomic E-state index is -0.303. The van der Waals surface area contributed by atoms with Gasteiger partial charge < -0.3 is 15.1 Å². The van der Waals surface area contributed by atoms with Crippen LogP contribution in [-0.2, 0) is 4.79 Å². The molecular formula is C13H20N2O3. The van der Waals surface area contributed by atoms with Gasteiger partial charge in [0.25, 0.3) is 5.91 Å². The molecule has 5 heteroatoms. The lowest BCUT2D eigenvalue weighted by molar-refractivity contribution is -0.122. The molecule has 0 saturated carbocycles. The van der Waals surface area contributed by atoms with Crippen LogP contribution in [0.5, 0.6) is 0 Å². The first kappa shape index (κ1) is 14.3. The van der Waals surface area contributed by atoms with Crippen LogP contribution in [0.2, 0.25) is 0 Å². The Morgan fingerprint density at radius 3 is 2.67 bits per heavy atom. The van der Waals surface area contributed by atoms with Crippen molar-refractivity contribution in [3.05, 3.63) is 24.2 Å². The van der Waals surface area contributed by atoms with Crippen LogP contribution in [0.3, 0.4) is 0 Å². The summed E-state index contributed by atoms with van der Waals surface area (Å²) in [7, 11) is 0. The molecule has 0 aromatic carbocycles. The second-order valence-corrected chi connectivity index (χ2v) is 4.77. The Hall–Kier alpha value is -1.78. The fraction of sp³-hybridized carbons (Fsp3) is 0.538. The highest BCUT2D eigenvalue weighted by atomic mass is 16.3. The molecule has 100 valence electrons. The Bertz CT molecular complexity index is 396. The lowest BCUT2D eigenvalue weighted by atomic mass is 10.0. The number of nitrogens with one attached hydrogen (secondary N) is 2. The van der Waals surface area contributed by atoms with E-state index in [1.165, 1.54) is 6.26 Å². The van der Waals surface area contributed by atoms with Crippen molar-refractivity contribution in [2.75, 3.05) is 6.54 Å². The molecular weight excluding hydrogens is 232 g/mol. The van der Waals surface area contributed by atoms with E-state index >= 15 is 0 Å². The number of hydrogen-bond donors (Lipinski definition) is 2. The van der Waals surface area contributed by atoms with E-state index in [0.717, 1.165) is 6.42 Å². The topological polar surface area (TPSA) is 71.3 Å². The Morgan fingerprint density at radius 1 is 1.39 bits per heavy atom. The highest BCUT2D eigenvalue weighted by Gasteiger charge is 2.17. The number of amides is 2. The van der Waals surface area contributed by atoms with Crippen LogP contribution >= 0.6 is 0 Å². The first-order valence-corrected chi connectivity index (χ1v) is 6.07. The number of furan rings is 1. The Balaban J connectivity index is 2.26. The third-order valence-corrected chi connectivity index (χ3v) is 2.74. The van der Waals surface area contributed by atoms with Gasteiger partial charge in [0.15, 0.2) is 5.76 Å². The predicted octanol–water partition coefficient (Wildman–Crippen LogP) is 1.70. The first-order chi connectivity index (χ1) is 8.44. The Morgan fingerprint density at radius 2 is 2.11 bits per heavy atom. The zero-order valence-electron chi connectivity index (χ0n) is 11.1. The summed E-state index contributed by atoms with van der Waals surface area (Å²) in [6, 6.07) is 3.22. The maximum absolute atomic E-state index is 11.6. The molecule has 1 heterocycles. The molecule has 2 amide bonds. The second kappa shape index (κ2) is 6.23. The molecule has 0 atom stereocenters. The van der Waals surface area contributed by atoms with Crippen molar-refractivity contribution in [2.24, 2.45) is 0 Å². The third-order valence-electron chi connectivity index (χ3n) is 2.74. The van der Waals surface area contributed by atoms with Crippen LogP contribution < -0.4 is 10.6 Å². The number of carbonyl (C=O) groups is 2. The lowest BCUT2D eigenvalue weighted by Gasteiger charge is -2.24. The van der Waals surface area contributed by atoms with Gasteiger partial charge in [-0.05, 0) is 32.4 Å². The van der Waals surface area contributed by atoms with E-state index in [1.54, 1.807) is 12.1 Å². The molecule has 0 saturated heterocycles. The molecule has 0 fully saturated rings. The molecule has 5 nitrogen and oxygen atoms in total. The molecule has 1 aromatic heterocycles. The molecule has 0 unspecified atom stereocenters. The Labute approximate surface area is 107 Å². The van der Waals surface area contributed by atoms with E-state index in [4.69, 9.17) is 4.42 Å². The van der Waals surface area contributed by atoms with E-state index in [9.17, 15) is 9.59 Å². The van der Waals surface area contributed by atoms with Gasteiger partial charge in [0, 0.05) is 18.5 Å². The second-order valence-electron chi connectivity index (χ2n) is 4.77. The van der Waals surface area contributed by atoms with Gasteiger partial charge in [-0.2, -0.15) is 0 Å². The molecule has 2 N–H and O–H groups in total. The van der Waals surface area contributed by atoms with Crippen molar-refractivity contribution in [1.82, 2.24) is 10.6 Å². The van der Waals surface area contributed by atoms with Gasteiger partial charge in [-0.1, -0.05) is 6.92 Å². The van der Waals surface area contributed by atoms with Gasteiger partial charge in [0.05, 0.1) is 6.26 Å². The summed E-state index contributed by atoms with van der Waals surface area (Å²) < 4.78 is 4.94. The minimum absolute atomic E-state index is 0.0680. The van der Waals surface area contributed by atoms with Gasteiger partial charge >= 0.3 is 0 Å². The summed E-state index contributed by atoms with van der Waals surface area (Å²) in [5.41, 5.74) is -0.206. The summed E-state index contributed by atoms with van der Waals surface area (Å²) >= 11 is 0. The van der Waals surface area contributed by atoms with E-state index in [2.05, 4.69) is 10.6 Å². The molecule has 0 aliphatic heterocycles. The largest absolute Gasteiger partial charge is 0.459 e. The fourth-order valence-electron chi connectivity index (χ4n) is 1.31. The summed E-state index contributed by atoms with van der Waals surface area (Å²) in [5, 5.41) is 5.53. The van der Waals surface area contributed by atoms with Crippen molar-refractivity contribution in [3.8, 4) is 0 Å². The molecule has 0 radical (unpaired) electrons. The maximum atomic E-state index is 11.6. The lowest BCUT2D eigenvalue weighted by Crippen LogP contribution is -2.43. The van der Waals surface area contributed by atoms with Gasteiger partial charge in [-0.15, -0.1) is 0 Å². The number of hydrogen-bond acceptors (Lipinski definition) is 3. The number of carbonyl (C=O) groups excluding carboxylic acids is 2. The fourth-order valence-corrected chi connectivity index (χ4v) is 1.31. The van der Waals surface area contributed by atoms with Crippen molar-refractivity contribution in [2.45, 2.75) is 39.2 Å². The highest BCUT2D eigenvalue weighted by Crippen LogP contribution is 2.06. The van der Waals surface area contributed by atoms with E-state index in [1.807, 2.05) is 20.8 Å². The van der Waals surface area contributed by atoms with Crippen molar-refractivity contribution < 1.29 is 14.0 Å². The normalized spacial score (nSPS) is 11.1. The first-order valence-electron chi connectivity index (χ1n) is 6.07. The van der Waals surface area contributed by atoms with Crippen LogP contribution in [0.4, 0.5) is 0 Å². The average molecular weight is 252 g/mol. The summed E-state index contributed by atoms with van der Waals surface area (Å²) in [6.07, 6.45) is 2.55. The minimum Gasteiger partial charge on any atom is -0.459 e. The smallest absolute Gasteiger partial charge is 0.286 e. The maximum Gasteiger partial charge on any atom is 0.286 e. The molecule has 1 rings (SSSR count). The van der Waals surface area contributed by atoms with Crippen LogP contribution in [0, 0.1) is 0 Å². The van der Waals surface area contributed by atoms with Crippen LogP contribution in [0.1, 0.15) is 44.2 Å². The van der Waals surface area contributed by atoms with E-state index in [0.29, 0.717) is 6.54 Å². The van der Waals surface area contributed by atoms with Crippen molar-refractivity contribution in [3.63, 3.8) is 0 Å².